The summed E-state index contributed by atoms with van der Waals surface area (Å²) in [4.78, 5) is 17.8. The van der Waals surface area contributed by atoms with Crippen LogP contribution in [0.2, 0.25) is 0 Å². The van der Waals surface area contributed by atoms with Crippen LogP contribution < -0.4 is 10.1 Å². The lowest BCUT2D eigenvalue weighted by molar-refractivity contribution is -0.275. The van der Waals surface area contributed by atoms with Crippen molar-refractivity contribution in [1.29, 1.82) is 0 Å². The Labute approximate surface area is 171 Å². The number of hydrogen-bond acceptors (Lipinski definition) is 3. The maximum atomic E-state index is 12.6. The fraction of sp³-hybridized carbons (Fsp3) is 0.238. The first kappa shape index (κ1) is 21.2. The summed E-state index contributed by atoms with van der Waals surface area (Å²) in [5.74, 6) is -0.326. The first-order valence-corrected chi connectivity index (χ1v) is 9.16. The summed E-state index contributed by atoms with van der Waals surface area (Å²) in [6.07, 6.45) is 0.407. The number of nitrogens with zero attached hydrogens (tertiary/aromatic N) is 3. The molecule has 1 heterocycles. The third-order valence-corrected chi connectivity index (χ3v) is 4.49. The van der Waals surface area contributed by atoms with Crippen molar-refractivity contribution in [2.24, 2.45) is 0 Å². The highest BCUT2D eigenvalue weighted by molar-refractivity contribution is 5.74. The van der Waals surface area contributed by atoms with E-state index in [0.29, 0.717) is 0 Å². The summed E-state index contributed by atoms with van der Waals surface area (Å²) in [6.45, 7) is 1.79. The van der Waals surface area contributed by atoms with Gasteiger partial charge in [-0.05, 0) is 30.7 Å². The number of hydrogen-bond donors (Lipinski definition) is 1. The molecule has 0 bridgehead atoms. The molecule has 0 spiro atoms. The molecule has 2 amide bonds. The molecule has 9 heteroatoms. The fourth-order valence-corrected chi connectivity index (χ4v) is 2.91. The van der Waals surface area contributed by atoms with Crippen LogP contribution in [0.3, 0.4) is 0 Å². The quantitative estimate of drug-likeness (QED) is 0.633. The average molecular weight is 418 g/mol. The van der Waals surface area contributed by atoms with Crippen LogP contribution >= 0.6 is 0 Å². The Bertz CT molecular complexity index is 973. The van der Waals surface area contributed by atoms with Crippen molar-refractivity contribution in [3.8, 4) is 11.4 Å². The number of urea groups is 1. The van der Waals surface area contributed by atoms with E-state index < -0.39 is 12.4 Å². The number of rotatable bonds is 6. The number of amides is 2. The molecule has 0 fully saturated rings. The van der Waals surface area contributed by atoms with Crippen molar-refractivity contribution in [3.63, 3.8) is 0 Å². The molecule has 3 rings (SSSR count). The van der Waals surface area contributed by atoms with Crippen LogP contribution in [0.15, 0.2) is 67.3 Å². The lowest BCUT2D eigenvalue weighted by Gasteiger charge is -2.23. The number of carbonyl (C=O) groups is 1. The van der Waals surface area contributed by atoms with Gasteiger partial charge in [-0.2, -0.15) is 0 Å². The highest BCUT2D eigenvalue weighted by Crippen LogP contribution is 2.27. The molecule has 0 saturated heterocycles. The van der Waals surface area contributed by atoms with Crippen LogP contribution in [0.25, 0.3) is 5.69 Å². The van der Waals surface area contributed by atoms with Gasteiger partial charge < -0.3 is 19.5 Å². The first-order valence-electron chi connectivity index (χ1n) is 9.16. The smallest absolute Gasteiger partial charge is 0.405 e. The molecule has 0 aliphatic rings. The summed E-state index contributed by atoms with van der Waals surface area (Å²) in [5, 5.41) is 2.84. The molecule has 3 aromatic rings. The highest BCUT2D eigenvalue weighted by atomic mass is 19.4. The van der Waals surface area contributed by atoms with Gasteiger partial charge in [0.25, 0.3) is 0 Å². The Morgan fingerprint density at radius 3 is 2.53 bits per heavy atom. The zero-order chi connectivity index (χ0) is 21.7. The zero-order valence-corrected chi connectivity index (χ0v) is 16.4. The predicted molar refractivity (Wildman–Crippen MR) is 105 cm³/mol. The minimum atomic E-state index is -4.80. The number of aromatic nitrogens is 2. The van der Waals surface area contributed by atoms with Gasteiger partial charge in [-0.3, -0.25) is 0 Å². The second-order valence-electron chi connectivity index (χ2n) is 6.74. The fourth-order valence-electron chi connectivity index (χ4n) is 2.91. The van der Waals surface area contributed by atoms with Crippen LogP contribution in [0, 0.1) is 0 Å². The molecule has 6 nitrogen and oxygen atoms in total. The van der Waals surface area contributed by atoms with E-state index in [1.165, 1.54) is 30.1 Å². The van der Waals surface area contributed by atoms with E-state index in [0.717, 1.165) is 11.3 Å². The molecule has 0 saturated carbocycles. The van der Waals surface area contributed by atoms with Crippen molar-refractivity contribution in [3.05, 3.63) is 78.4 Å². The van der Waals surface area contributed by atoms with Crippen molar-refractivity contribution in [2.75, 3.05) is 7.05 Å². The van der Waals surface area contributed by atoms with Crippen LogP contribution in [-0.2, 0) is 6.54 Å². The average Bonchev–Trinajstić information content (AvgIpc) is 3.23. The van der Waals surface area contributed by atoms with Crippen molar-refractivity contribution < 1.29 is 22.7 Å². The van der Waals surface area contributed by atoms with Crippen LogP contribution in [-0.4, -0.2) is 33.9 Å². The number of ether oxygens (including phenoxy) is 1. The topological polar surface area (TPSA) is 59.4 Å². The van der Waals surface area contributed by atoms with E-state index in [1.807, 2.05) is 42.0 Å². The monoisotopic (exact) mass is 418 g/mol. The summed E-state index contributed by atoms with van der Waals surface area (Å²) < 4.78 is 43.6. The van der Waals surface area contributed by atoms with Crippen LogP contribution in [0.4, 0.5) is 18.0 Å². The SMILES string of the molecule is CC(NC(=O)N(C)Cc1ccccc1OC(F)(F)F)c1ccc(-n2ccnc2)cc1. The standard InChI is InChI=1S/C21H21F3N4O2/c1-15(16-7-9-18(10-8-16)28-12-11-25-14-28)26-20(29)27(2)13-17-5-3-4-6-19(17)30-21(22,23)24/h3-12,14-15H,13H2,1-2H3,(H,26,29). The Balaban J connectivity index is 1.62. The van der Waals surface area contributed by atoms with Crippen molar-refractivity contribution in [2.45, 2.75) is 25.9 Å². The van der Waals surface area contributed by atoms with E-state index in [1.54, 1.807) is 18.6 Å². The van der Waals surface area contributed by atoms with Gasteiger partial charge >= 0.3 is 12.4 Å². The Kier molecular flexibility index (Phi) is 6.29. The molecular formula is C21H21F3N4O2. The first-order chi connectivity index (χ1) is 14.2. The number of para-hydroxylation sites is 1. The van der Waals surface area contributed by atoms with Crippen molar-refractivity contribution in [1.82, 2.24) is 19.8 Å². The maximum Gasteiger partial charge on any atom is 0.573 e. The molecule has 1 atom stereocenters. The summed E-state index contributed by atoms with van der Waals surface area (Å²) in [7, 11) is 1.51. The lowest BCUT2D eigenvalue weighted by Crippen LogP contribution is -2.38. The minimum Gasteiger partial charge on any atom is -0.405 e. The third kappa shape index (κ3) is 5.53. The Morgan fingerprint density at radius 1 is 1.20 bits per heavy atom. The van der Waals surface area contributed by atoms with E-state index in [-0.39, 0.29) is 23.9 Å². The maximum absolute atomic E-state index is 12.6. The molecule has 2 aromatic carbocycles. The van der Waals surface area contributed by atoms with Gasteiger partial charge in [-0.1, -0.05) is 30.3 Å². The number of benzene rings is 2. The Morgan fingerprint density at radius 2 is 1.90 bits per heavy atom. The number of alkyl halides is 3. The molecular weight excluding hydrogens is 397 g/mol. The van der Waals surface area contributed by atoms with Crippen LogP contribution in [0.5, 0.6) is 5.75 Å². The molecule has 1 aromatic heterocycles. The normalized spacial score (nSPS) is 12.3. The van der Waals surface area contributed by atoms with Gasteiger partial charge in [0.05, 0.1) is 18.9 Å². The summed E-state index contributed by atoms with van der Waals surface area (Å²) >= 11 is 0. The predicted octanol–water partition coefficient (Wildman–Crippen LogP) is 4.67. The largest absolute Gasteiger partial charge is 0.573 e. The Hall–Kier alpha value is -3.49. The molecule has 0 aliphatic carbocycles. The summed E-state index contributed by atoms with van der Waals surface area (Å²) in [6, 6.07) is 12.7. The van der Waals surface area contributed by atoms with E-state index in [4.69, 9.17) is 0 Å². The lowest BCUT2D eigenvalue weighted by atomic mass is 10.1. The molecule has 1 N–H and O–H groups in total. The van der Waals surface area contributed by atoms with Gasteiger partial charge in [-0.15, -0.1) is 13.2 Å². The van der Waals surface area contributed by atoms with E-state index >= 15 is 0 Å². The molecule has 30 heavy (non-hydrogen) atoms. The van der Waals surface area contributed by atoms with E-state index in [2.05, 4.69) is 15.0 Å². The third-order valence-electron chi connectivity index (χ3n) is 4.49. The van der Waals surface area contributed by atoms with E-state index in [9.17, 15) is 18.0 Å². The molecule has 1 unspecified atom stereocenters. The number of halogens is 3. The number of imidazole rings is 1. The second kappa shape index (κ2) is 8.89. The van der Waals surface area contributed by atoms with Gasteiger partial charge in [0, 0.05) is 30.7 Å². The molecule has 0 radical (unpaired) electrons. The van der Waals surface area contributed by atoms with Gasteiger partial charge in [0.2, 0.25) is 0 Å². The van der Waals surface area contributed by atoms with Gasteiger partial charge in [0.15, 0.2) is 0 Å². The zero-order valence-electron chi connectivity index (χ0n) is 16.4. The highest BCUT2D eigenvalue weighted by Gasteiger charge is 2.32. The second-order valence-corrected chi connectivity index (χ2v) is 6.74. The molecule has 158 valence electrons. The number of carbonyl (C=O) groups excluding carboxylic acids is 1. The van der Waals surface area contributed by atoms with Gasteiger partial charge in [-0.25, -0.2) is 9.78 Å². The van der Waals surface area contributed by atoms with Crippen LogP contribution in [0.1, 0.15) is 24.1 Å². The summed E-state index contributed by atoms with van der Waals surface area (Å²) in [5.41, 5.74) is 2.08. The van der Waals surface area contributed by atoms with Crippen molar-refractivity contribution >= 4 is 6.03 Å². The minimum absolute atomic E-state index is 0.0373. The number of nitrogens with one attached hydrogen (secondary N) is 1. The van der Waals surface area contributed by atoms with Gasteiger partial charge in [0.1, 0.15) is 5.75 Å². The molecule has 0 aliphatic heterocycles.